The molecule has 1 amide bonds. The fourth-order valence-electron chi connectivity index (χ4n) is 2.04. The van der Waals surface area contributed by atoms with Crippen LogP contribution in [-0.4, -0.2) is 18.2 Å². The minimum absolute atomic E-state index is 0.121. The van der Waals surface area contributed by atoms with E-state index in [4.69, 9.17) is 4.74 Å². The monoisotopic (exact) mass is 314 g/mol. The Morgan fingerprint density at radius 3 is 2.52 bits per heavy atom. The van der Waals surface area contributed by atoms with Gasteiger partial charge < -0.3 is 4.74 Å². The minimum Gasteiger partial charge on any atom is -0.483 e. The number of hydrogen-bond donors (Lipinski definition) is 1. The average molecular weight is 314 g/mol. The van der Waals surface area contributed by atoms with Crippen LogP contribution in [0.1, 0.15) is 23.6 Å². The van der Waals surface area contributed by atoms with Gasteiger partial charge in [0.25, 0.3) is 5.91 Å². The van der Waals surface area contributed by atoms with Crippen molar-refractivity contribution in [3.8, 4) is 5.75 Å². The Morgan fingerprint density at radius 2 is 1.87 bits per heavy atom. The number of amides is 1. The molecule has 0 fully saturated rings. The summed E-state index contributed by atoms with van der Waals surface area (Å²) in [6.45, 7) is 5.54. The zero-order chi connectivity index (χ0) is 16.8. The highest BCUT2D eigenvalue weighted by molar-refractivity contribution is 5.99. The van der Waals surface area contributed by atoms with E-state index in [-0.39, 0.29) is 18.3 Å². The predicted octanol–water partition coefficient (Wildman–Crippen LogP) is 3.36. The van der Waals surface area contributed by atoms with Crippen molar-refractivity contribution in [3.05, 3.63) is 65.0 Å². The van der Waals surface area contributed by atoms with Crippen LogP contribution in [0.15, 0.2) is 47.6 Å². The van der Waals surface area contributed by atoms with Crippen molar-refractivity contribution in [2.24, 2.45) is 5.10 Å². The minimum atomic E-state index is -0.355. The molecule has 0 saturated heterocycles. The Kier molecular flexibility index (Phi) is 5.46. The van der Waals surface area contributed by atoms with Gasteiger partial charge in [0, 0.05) is 0 Å². The van der Waals surface area contributed by atoms with Crippen LogP contribution in [0.4, 0.5) is 4.39 Å². The molecule has 4 nitrogen and oxygen atoms in total. The van der Waals surface area contributed by atoms with Gasteiger partial charge in [0.1, 0.15) is 11.6 Å². The summed E-state index contributed by atoms with van der Waals surface area (Å²) in [6.07, 6.45) is 0. The lowest BCUT2D eigenvalue weighted by molar-refractivity contribution is -0.123. The molecule has 2 aromatic carbocycles. The second-order valence-corrected chi connectivity index (χ2v) is 5.30. The maximum Gasteiger partial charge on any atom is 0.277 e. The molecule has 5 heteroatoms. The van der Waals surface area contributed by atoms with Gasteiger partial charge >= 0.3 is 0 Å². The SMILES string of the molecule is C/C(=N\NC(=O)COc1ccc(C)cc1C)c1ccc(F)cc1. The van der Waals surface area contributed by atoms with E-state index in [1.165, 1.54) is 12.1 Å². The molecular weight excluding hydrogens is 295 g/mol. The molecule has 0 aliphatic heterocycles. The van der Waals surface area contributed by atoms with Crippen LogP contribution in [0.5, 0.6) is 5.75 Å². The number of carbonyl (C=O) groups excluding carboxylic acids is 1. The molecule has 23 heavy (non-hydrogen) atoms. The first-order chi connectivity index (χ1) is 11.0. The lowest BCUT2D eigenvalue weighted by Gasteiger charge is -2.09. The number of aryl methyl sites for hydroxylation is 2. The van der Waals surface area contributed by atoms with Gasteiger partial charge in [-0.25, -0.2) is 9.82 Å². The smallest absolute Gasteiger partial charge is 0.277 e. The maximum absolute atomic E-state index is 12.9. The van der Waals surface area contributed by atoms with Crippen molar-refractivity contribution >= 4 is 11.6 Å². The van der Waals surface area contributed by atoms with E-state index in [2.05, 4.69) is 10.5 Å². The van der Waals surface area contributed by atoms with Crippen molar-refractivity contribution in [3.63, 3.8) is 0 Å². The summed E-state index contributed by atoms with van der Waals surface area (Å²) in [6, 6.07) is 11.7. The Bertz CT molecular complexity index is 724. The number of hydrogen-bond acceptors (Lipinski definition) is 3. The fourth-order valence-corrected chi connectivity index (χ4v) is 2.04. The number of benzene rings is 2. The molecule has 2 aromatic rings. The van der Waals surface area contributed by atoms with E-state index >= 15 is 0 Å². The molecule has 0 spiro atoms. The molecular formula is C18H19FN2O2. The van der Waals surface area contributed by atoms with Crippen LogP contribution in [0.25, 0.3) is 0 Å². The van der Waals surface area contributed by atoms with Gasteiger partial charge in [-0.2, -0.15) is 5.10 Å². The summed E-state index contributed by atoms with van der Waals surface area (Å²) in [4.78, 5) is 11.8. The number of ether oxygens (including phenoxy) is 1. The van der Waals surface area contributed by atoms with E-state index in [1.807, 2.05) is 32.0 Å². The summed E-state index contributed by atoms with van der Waals surface area (Å²) in [7, 11) is 0. The number of carbonyl (C=O) groups is 1. The molecule has 0 aromatic heterocycles. The van der Waals surface area contributed by atoms with Gasteiger partial charge in [0.2, 0.25) is 0 Å². The zero-order valence-corrected chi connectivity index (χ0v) is 13.4. The first-order valence-electron chi connectivity index (χ1n) is 7.25. The second kappa shape index (κ2) is 7.54. The van der Waals surface area contributed by atoms with Crippen LogP contribution in [0.3, 0.4) is 0 Å². The average Bonchev–Trinajstić information content (AvgIpc) is 2.52. The summed E-state index contributed by atoms with van der Waals surface area (Å²) >= 11 is 0. The molecule has 0 saturated carbocycles. The number of halogens is 1. The fraction of sp³-hybridized carbons (Fsp3) is 0.222. The molecule has 0 bridgehead atoms. The highest BCUT2D eigenvalue weighted by atomic mass is 19.1. The van der Waals surface area contributed by atoms with Gasteiger partial charge in [-0.05, 0) is 50.1 Å². The van der Waals surface area contributed by atoms with Crippen LogP contribution >= 0.6 is 0 Å². The third-order valence-corrected chi connectivity index (χ3v) is 3.30. The molecule has 0 aliphatic carbocycles. The Hall–Kier alpha value is -2.69. The van der Waals surface area contributed by atoms with Crippen molar-refractivity contribution < 1.29 is 13.9 Å². The number of rotatable bonds is 5. The highest BCUT2D eigenvalue weighted by Crippen LogP contribution is 2.18. The van der Waals surface area contributed by atoms with E-state index < -0.39 is 0 Å². The molecule has 0 atom stereocenters. The largest absolute Gasteiger partial charge is 0.483 e. The summed E-state index contributed by atoms with van der Waals surface area (Å²) in [5, 5.41) is 3.99. The molecule has 0 unspecified atom stereocenters. The number of hydrazone groups is 1. The Labute approximate surface area is 135 Å². The van der Waals surface area contributed by atoms with Gasteiger partial charge in [-0.1, -0.05) is 29.8 Å². The van der Waals surface area contributed by atoms with Crippen molar-refractivity contribution in [2.75, 3.05) is 6.61 Å². The van der Waals surface area contributed by atoms with Crippen LogP contribution in [0.2, 0.25) is 0 Å². The van der Waals surface area contributed by atoms with Gasteiger partial charge in [-0.3, -0.25) is 4.79 Å². The van der Waals surface area contributed by atoms with E-state index in [0.29, 0.717) is 11.5 Å². The normalized spacial score (nSPS) is 11.2. The Morgan fingerprint density at radius 1 is 1.17 bits per heavy atom. The van der Waals surface area contributed by atoms with Crippen LogP contribution in [0, 0.1) is 19.7 Å². The third kappa shape index (κ3) is 4.92. The lowest BCUT2D eigenvalue weighted by atomic mass is 10.1. The Balaban J connectivity index is 1.89. The van der Waals surface area contributed by atoms with Gasteiger partial charge in [0.05, 0.1) is 5.71 Å². The van der Waals surface area contributed by atoms with E-state index in [0.717, 1.165) is 16.7 Å². The first-order valence-corrected chi connectivity index (χ1v) is 7.25. The summed E-state index contributed by atoms with van der Waals surface area (Å²) in [5.74, 6) is 0.00359. The van der Waals surface area contributed by atoms with Crippen LogP contribution < -0.4 is 10.2 Å². The summed E-state index contributed by atoms with van der Waals surface area (Å²) in [5.41, 5.74) is 5.87. The lowest BCUT2D eigenvalue weighted by Crippen LogP contribution is -2.25. The molecule has 0 radical (unpaired) electrons. The predicted molar refractivity (Wildman–Crippen MR) is 88.2 cm³/mol. The maximum atomic E-state index is 12.9. The topological polar surface area (TPSA) is 50.7 Å². The quantitative estimate of drug-likeness (QED) is 0.679. The van der Waals surface area contributed by atoms with E-state index in [1.54, 1.807) is 19.1 Å². The second-order valence-electron chi connectivity index (χ2n) is 5.30. The van der Waals surface area contributed by atoms with Gasteiger partial charge in [0.15, 0.2) is 6.61 Å². The molecule has 0 aliphatic rings. The van der Waals surface area contributed by atoms with Crippen molar-refractivity contribution in [1.82, 2.24) is 5.43 Å². The molecule has 0 heterocycles. The first kappa shape index (κ1) is 16.7. The number of nitrogens with zero attached hydrogens (tertiary/aromatic N) is 1. The summed E-state index contributed by atoms with van der Waals surface area (Å²) < 4.78 is 18.3. The third-order valence-electron chi connectivity index (χ3n) is 3.30. The highest BCUT2D eigenvalue weighted by Gasteiger charge is 2.05. The standard InChI is InChI=1S/C18H19FN2O2/c1-12-4-9-17(13(2)10-12)23-11-18(22)21-20-14(3)15-5-7-16(19)8-6-15/h4-10H,11H2,1-3H3,(H,21,22)/b20-14+. The molecule has 2 rings (SSSR count). The van der Waals surface area contributed by atoms with Crippen LogP contribution in [-0.2, 0) is 4.79 Å². The molecule has 1 N–H and O–H groups in total. The molecule has 120 valence electrons. The van der Waals surface area contributed by atoms with Gasteiger partial charge in [-0.15, -0.1) is 0 Å². The van der Waals surface area contributed by atoms with Crippen molar-refractivity contribution in [1.29, 1.82) is 0 Å². The van der Waals surface area contributed by atoms with Crippen molar-refractivity contribution in [2.45, 2.75) is 20.8 Å². The number of nitrogens with one attached hydrogen (secondary N) is 1. The zero-order valence-electron chi connectivity index (χ0n) is 13.4. The van der Waals surface area contributed by atoms with E-state index in [9.17, 15) is 9.18 Å².